The van der Waals surface area contributed by atoms with Crippen LogP contribution in [-0.4, -0.2) is 24.3 Å². The Labute approximate surface area is 138 Å². The molecule has 6 heteroatoms. The van der Waals surface area contributed by atoms with Crippen LogP contribution in [0, 0.1) is 4.77 Å². The van der Waals surface area contributed by atoms with Crippen molar-refractivity contribution in [2.45, 2.75) is 6.54 Å². The lowest BCUT2D eigenvalue weighted by Crippen LogP contribution is -2.07. The lowest BCUT2D eigenvalue weighted by molar-refractivity contribution is 0.713. The van der Waals surface area contributed by atoms with E-state index in [0.717, 1.165) is 28.2 Å². The molecule has 2 aromatic heterocycles. The van der Waals surface area contributed by atoms with Gasteiger partial charge in [0.1, 0.15) is 5.82 Å². The number of nitrogens with one attached hydrogen (secondary N) is 1. The van der Waals surface area contributed by atoms with Crippen LogP contribution in [0.15, 0.2) is 54.6 Å². The minimum absolute atomic E-state index is 0.606. The number of H-pyrrole nitrogens is 1. The van der Waals surface area contributed by atoms with Crippen LogP contribution in [0.1, 0.15) is 5.82 Å². The highest BCUT2D eigenvalue weighted by atomic mass is 32.1. The van der Waals surface area contributed by atoms with E-state index in [1.54, 1.807) is 0 Å². The summed E-state index contributed by atoms with van der Waals surface area (Å²) in [5.41, 5.74) is 3.14. The first-order chi connectivity index (χ1) is 11.2. The molecule has 0 aliphatic heterocycles. The van der Waals surface area contributed by atoms with Crippen molar-refractivity contribution in [1.82, 2.24) is 24.3 Å². The third kappa shape index (κ3) is 2.37. The van der Waals surface area contributed by atoms with Gasteiger partial charge in [-0.3, -0.25) is 5.10 Å². The number of hydrogen-bond donors (Lipinski definition) is 1. The van der Waals surface area contributed by atoms with Gasteiger partial charge < -0.3 is 9.13 Å². The van der Waals surface area contributed by atoms with Crippen molar-refractivity contribution in [1.29, 1.82) is 0 Å². The van der Waals surface area contributed by atoms with Gasteiger partial charge in [0.2, 0.25) is 0 Å². The van der Waals surface area contributed by atoms with Gasteiger partial charge in [0, 0.05) is 12.6 Å². The molecular formula is C17H15N5S. The summed E-state index contributed by atoms with van der Waals surface area (Å²) in [5, 5.41) is 7.17. The minimum Gasteiger partial charge on any atom is -0.316 e. The Morgan fingerprint density at radius 1 is 1.04 bits per heavy atom. The lowest BCUT2D eigenvalue weighted by Gasteiger charge is -2.09. The Morgan fingerprint density at radius 2 is 1.78 bits per heavy atom. The van der Waals surface area contributed by atoms with E-state index in [2.05, 4.69) is 33.0 Å². The number of aromatic amines is 1. The largest absolute Gasteiger partial charge is 0.316 e. The molecule has 4 aromatic rings. The predicted octanol–water partition coefficient (Wildman–Crippen LogP) is 3.54. The summed E-state index contributed by atoms with van der Waals surface area (Å²) in [4.78, 5) is 4.81. The van der Waals surface area contributed by atoms with Crippen molar-refractivity contribution >= 4 is 23.3 Å². The fourth-order valence-electron chi connectivity index (χ4n) is 2.71. The second-order valence-corrected chi connectivity index (χ2v) is 5.77. The van der Waals surface area contributed by atoms with E-state index in [0.29, 0.717) is 11.3 Å². The molecule has 4 rings (SSSR count). The van der Waals surface area contributed by atoms with Crippen molar-refractivity contribution in [3.63, 3.8) is 0 Å². The van der Waals surface area contributed by atoms with E-state index < -0.39 is 0 Å². The van der Waals surface area contributed by atoms with Gasteiger partial charge in [-0.15, -0.1) is 0 Å². The molecule has 0 radical (unpaired) electrons. The number of aromatic nitrogens is 5. The van der Waals surface area contributed by atoms with Gasteiger partial charge in [0.15, 0.2) is 10.6 Å². The molecule has 23 heavy (non-hydrogen) atoms. The zero-order chi connectivity index (χ0) is 15.8. The van der Waals surface area contributed by atoms with E-state index in [1.165, 1.54) is 0 Å². The van der Waals surface area contributed by atoms with E-state index in [-0.39, 0.29) is 0 Å². The molecule has 5 nitrogen and oxygen atoms in total. The summed E-state index contributed by atoms with van der Waals surface area (Å²) in [6.07, 6.45) is 0. The number of rotatable bonds is 3. The summed E-state index contributed by atoms with van der Waals surface area (Å²) in [7, 11) is 1.92. The van der Waals surface area contributed by atoms with Crippen molar-refractivity contribution in [2.24, 2.45) is 7.05 Å². The first-order valence-corrected chi connectivity index (χ1v) is 7.76. The van der Waals surface area contributed by atoms with Crippen LogP contribution in [0.25, 0.3) is 22.4 Å². The second-order valence-electron chi connectivity index (χ2n) is 5.38. The average Bonchev–Trinajstić information content (AvgIpc) is 3.11. The minimum atomic E-state index is 0.606. The normalized spacial score (nSPS) is 11.2. The molecule has 0 fully saturated rings. The van der Waals surface area contributed by atoms with Gasteiger partial charge in [0.05, 0.1) is 17.6 Å². The van der Waals surface area contributed by atoms with Crippen LogP contribution >= 0.6 is 12.2 Å². The SMILES string of the molecule is Cn1c(Cn2c(-c3ccccc3)nc3ccccc32)n[nH]c1=S. The molecule has 0 amide bonds. The number of hydrogen-bond acceptors (Lipinski definition) is 3. The standard InChI is InChI=1S/C17H15N5S/c1-21-15(19-20-17(21)23)11-22-14-10-6-5-9-13(14)18-16(22)12-7-3-2-4-8-12/h2-10H,11H2,1H3,(H,20,23). The van der Waals surface area contributed by atoms with Crippen LogP contribution in [-0.2, 0) is 13.6 Å². The molecule has 0 aliphatic rings. The number of para-hydroxylation sites is 2. The zero-order valence-electron chi connectivity index (χ0n) is 12.6. The summed E-state index contributed by atoms with van der Waals surface area (Å²) in [6, 6.07) is 18.3. The maximum atomic E-state index is 5.21. The topological polar surface area (TPSA) is 51.4 Å². The van der Waals surface area contributed by atoms with E-state index in [4.69, 9.17) is 17.2 Å². The van der Waals surface area contributed by atoms with Crippen LogP contribution < -0.4 is 0 Å². The average molecular weight is 321 g/mol. The number of imidazole rings is 1. The molecule has 2 aromatic carbocycles. The molecule has 0 atom stereocenters. The summed E-state index contributed by atoms with van der Waals surface area (Å²) < 4.78 is 4.68. The molecule has 0 aliphatic carbocycles. The van der Waals surface area contributed by atoms with Gasteiger partial charge in [0.25, 0.3) is 0 Å². The highest BCUT2D eigenvalue weighted by Gasteiger charge is 2.14. The van der Waals surface area contributed by atoms with Gasteiger partial charge in [-0.05, 0) is 24.4 Å². The summed E-state index contributed by atoms with van der Waals surface area (Å²) >= 11 is 5.21. The molecule has 114 valence electrons. The van der Waals surface area contributed by atoms with Crippen LogP contribution in [0.3, 0.4) is 0 Å². The summed E-state index contributed by atoms with van der Waals surface area (Å²) in [5.74, 6) is 1.80. The Balaban J connectivity index is 1.93. The van der Waals surface area contributed by atoms with Gasteiger partial charge >= 0.3 is 0 Å². The van der Waals surface area contributed by atoms with Crippen LogP contribution in [0.5, 0.6) is 0 Å². The van der Waals surface area contributed by atoms with Gasteiger partial charge in [-0.25, -0.2) is 4.98 Å². The molecule has 0 bridgehead atoms. The fraction of sp³-hybridized carbons (Fsp3) is 0.118. The Hall–Kier alpha value is -2.73. The molecule has 0 saturated carbocycles. The first-order valence-electron chi connectivity index (χ1n) is 7.35. The van der Waals surface area contributed by atoms with Crippen molar-refractivity contribution in [3.05, 3.63) is 65.2 Å². The third-order valence-corrected chi connectivity index (χ3v) is 4.32. The zero-order valence-corrected chi connectivity index (χ0v) is 13.4. The third-order valence-electron chi connectivity index (χ3n) is 3.96. The predicted molar refractivity (Wildman–Crippen MR) is 92.7 cm³/mol. The quantitative estimate of drug-likeness (QED) is 0.587. The number of fused-ring (bicyclic) bond motifs is 1. The number of nitrogens with zero attached hydrogens (tertiary/aromatic N) is 4. The van der Waals surface area contributed by atoms with Crippen molar-refractivity contribution in [2.75, 3.05) is 0 Å². The van der Waals surface area contributed by atoms with Gasteiger partial charge in [-0.1, -0.05) is 42.5 Å². The molecule has 2 heterocycles. The number of benzene rings is 2. The first kappa shape index (κ1) is 13.9. The molecule has 1 N–H and O–H groups in total. The molecule has 0 saturated heterocycles. The summed E-state index contributed by atoms with van der Waals surface area (Å²) in [6.45, 7) is 0.606. The lowest BCUT2D eigenvalue weighted by atomic mass is 10.2. The fourth-order valence-corrected chi connectivity index (χ4v) is 2.86. The van der Waals surface area contributed by atoms with Crippen LogP contribution in [0.4, 0.5) is 0 Å². The van der Waals surface area contributed by atoms with Crippen LogP contribution in [0.2, 0.25) is 0 Å². The maximum absolute atomic E-state index is 5.21. The maximum Gasteiger partial charge on any atom is 0.194 e. The van der Waals surface area contributed by atoms with Crippen molar-refractivity contribution in [3.8, 4) is 11.4 Å². The highest BCUT2D eigenvalue weighted by molar-refractivity contribution is 7.71. The smallest absolute Gasteiger partial charge is 0.194 e. The molecule has 0 unspecified atom stereocenters. The van der Waals surface area contributed by atoms with E-state index in [9.17, 15) is 0 Å². The molecular weight excluding hydrogens is 306 g/mol. The Kier molecular flexibility index (Phi) is 3.31. The van der Waals surface area contributed by atoms with E-state index >= 15 is 0 Å². The van der Waals surface area contributed by atoms with E-state index in [1.807, 2.05) is 48.0 Å². The highest BCUT2D eigenvalue weighted by Crippen LogP contribution is 2.25. The van der Waals surface area contributed by atoms with Gasteiger partial charge in [-0.2, -0.15) is 5.10 Å². The molecule has 0 spiro atoms. The monoisotopic (exact) mass is 321 g/mol. The van der Waals surface area contributed by atoms with Crippen molar-refractivity contribution < 1.29 is 0 Å². The Bertz CT molecular complexity index is 1030. The Morgan fingerprint density at radius 3 is 2.52 bits per heavy atom. The second kappa shape index (κ2) is 5.48.